The first kappa shape index (κ1) is 12.5. The van der Waals surface area contributed by atoms with Crippen LogP contribution >= 0.6 is 24.2 Å². The highest BCUT2D eigenvalue weighted by Gasteiger charge is 2.09. The van der Waals surface area contributed by atoms with Crippen molar-refractivity contribution in [3.8, 4) is 0 Å². The molecule has 0 fully saturated rings. The molecule has 0 aliphatic heterocycles. The summed E-state index contributed by atoms with van der Waals surface area (Å²) in [7, 11) is 0. The summed E-state index contributed by atoms with van der Waals surface area (Å²) >= 11 is 5.29. The number of hydrogen-bond acceptors (Lipinski definition) is 6. The molecule has 2 heterocycles. The molecule has 0 saturated heterocycles. The Morgan fingerprint density at radius 2 is 2.35 bits per heavy atom. The second kappa shape index (κ2) is 5.61. The van der Waals surface area contributed by atoms with Crippen molar-refractivity contribution in [2.24, 2.45) is 0 Å². The van der Waals surface area contributed by atoms with Gasteiger partial charge in [0.15, 0.2) is 4.83 Å². The van der Waals surface area contributed by atoms with Crippen LogP contribution in [0, 0.1) is 6.92 Å². The summed E-state index contributed by atoms with van der Waals surface area (Å²) in [5.74, 6) is 0.680. The number of aryl methyl sites for hydroxylation is 1. The maximum atomic E-state index is 12.1. The van der Waals surface area contributed by atoms with Gasteiger partial charge in [-0.05, 0) is 18.5 Å². The Morgan fingerprint density at radius 1 is 1.53 bits per heavy atom. The highest BCUT2D eigenvalue weighted by atomic mass is 32.1. The van der Waals surface area contributed by atoms with Gasteiger partial charge in [-0.25, -0.2) is 4.98 Å². The van der Waals surface area contributed by atoms with E-state index in [2.05, 4.69) is 22.0 Å². The molecule has 2 aromatic heterocycles. The second-order valence-corrected chi connectivity index (χ2v) is 4.73. The number of rotatable bonds is 5. The van der Waals surface area contributed by atoms with E-state index in [0.717, 1.165) is 5.69 Å². The van der Waals surface area contributed by atoms with Gasteiger partial charge in [0, 0.05) is 5.75 Å². The van der Waals surface area contributed by atoms with Crippen molar-refractivity contribution in [2.75, 3.05) is 19.0 Å². The van der Waals surface area contributed by atoms with Gasteiger partial charge < -0.3 is 4.74 Å². The van der Waals surface area contributed by atoms with E-state index in [4.69, 9.17) is 4.74 Å². The van der Waals surface area contributed by atoms with Crippen LogP contribution in [0.5, 0.6) is 0 Å². The van der Waals surface area contributed by atoms with Crippen molar-refractivity contribution >= 4 is 34.4 Å². The molecule has 0 radical (unpaired) electrons. The number of thiol groups is 1. The predicted molar refractivity (Wildman–Crippen MR) is 71.1 cm³/mol. The SMILES string of the molecule is Cc1nsc2ncn(CCOCCS)c(=O)c12. The topological polar surface area (TPSA) is 57.0 Å². The lowest BCUT2D eigenvalue weighted by molar-refractivity contribution is 0.140. The highest BCUT2D eigenvalue weighted by Crippen LogP contribution is 2.14. The molecule has 2 rings (SSSR count). The normalized spacial score (nSPS) is 11.2. The molecule has 92 valence electrons. The molecule has 0 aliphatic carbocycles. The van der Waals surface area contributed by atoms with E-state index in [1.807, 2.05) is 6.92 Å². The molecule has 0 aliphatic rings. The molecular formula is C10H13N3O2S2. The van der Waals surface area contributed by atoms with E-state index >= 15 is 0 Å². The maximum absolute atomic E-state index is 12.1. The van der Waals surface area contributed by atoms with Gasteiger partial charge in [0.2, 0.25) is 0 Å². The Labute approximate surface area is 108 Å². The van der Waals surface area contributed by atoms with Gasteiger partial charge in [-0.15, -0.1) is 0 Å². The Morgan fingerprint density at radius 3 is 3.12 bits per heavy atom. The average molecular weight is 271 g/mol. The summed E-state index contributed by atoms with van der Waals surface area (Å²) in [6, 6.07) is 0. The fraction of sp³-hybridized carbons (Fsp3) is 0.500. The van der Waals surface area contributed by atoms with Crippen LogP contribution in [0.25, 0.3) is 10.2 Å². The minimum Gasteiger partial charge on any atom is -0.379 e. The Bertz CT molecular complexity index is 564. The lowest BCUT2D eigenvalue weighted by Gasteiger charge is -2.05. The van der Waals surface area contributed by atoms with Crippen LogP contribution in [0.2, 0.25) is 0 Å². The third-order valence-electron chi connectivity index (χ3n) is 2.35. The molecule has 7 heteroatoms. The molecule has 0 spiro atoms. The lowest BCUT2D eigenvalue weighted by atomic mass is 10.3. The number of ether oxygens (including phenoxy) is 1. The Kier molecular flexibility index (Phi) is 4.14. The monoisotopic (exact) mass is 271 g/mol. The minimum absolute atomic E-state index is 0.0456. The summed E-state index contributed by atoms with van der Waals surface area (Å²) in [5.41, 5.74) is 0.698. The standard InChI is InChI=1S/C10H13N3O2S2/c1-7-8-9(17-12-7)11-6-13(10(8)14)2-3-15-4-5-16/h6,16H,2-5H2,1H3. The summed E-state index contributed by atoms with van der Waals surface area (Å²) in [4.78, 5) is 17.0. The molecule has 5 nitrogen and oxygen atoms in total. The van der Waals surface area contributed by atoms with Gasteiger partial charge in [0.25, 0.3) is 5.56 Å². The highest BCUT2D eigenvalue weighted by molar-refractivity contribution is 7.80. The average Bonchev–Trinajstić information content (AvgIpc) is 2.70. The molecule has 0 atom stereocenters. The fourth-order valence-corrected chi connectivity index (χ4v) is 2.36. The molecular weight excluding hydrogens is 258 g/mol. The zero-order chi connectivity index (χ0) is 12.3. The van der Waals surface area contributed by atoms with Crippen LogP contribution in [-0.4, -0.2) is 32.9 Å². The van der Waals surface area contributed by atoms with Crippen LogP contribution in [0.3, 0.4) is 0 Å². The van der Waals surface area contributed by atoms with Crippen LogP contribution in [0.15, 0.2) is 11.1 Å². The second-order valence-electron chi connectivity index (χ2n) is 3.53. The van der Waals surface area contributed by atoms with Crippen LogP contribution in [0.1, 0.15) is 5.69 Å². The molecule has 0 N–H and O–H groups in total. The van der Waals surface area contributed by atoms with Gasteiger partial charge in [0.05, 0.1) is 37.2 Å². The minimum atomic E-state index is -0.0456. The zero-order valence-corrected chi connectivity index (χ0v) is 11.1. The van der Waals surface area contributed by atoms with Crippen LogP contribution < -0.4 is 5.56 Å². The maximum Gasteiger partial charge on any atom is 0.264 e. The first-order valence-electron chi connectivity index (χ1n) is 5.24. The molecule has 0 unspecified atom stereocenters. The van der Waals surface area contributed by atoms with E-state index in [0.29, 0.717) is 35.7 Å². The van der Waals surface area contributed by atoms with Crippen molar-refractivity contribution in [3.05, 3.63) is 22.4 Å². The molecule has 0 bridgehead atoms. The quantitative estimate of drug-likeness (QED) is 0.654. The third kappa shape index (κ3) is 2.67. The van der Waals surface area contributed by atoms with E-state index in [1.54, 1.807) is 10.9 Å². The van der Waals surface area contributed by atoms with Crippen molar-refractivity contribution in [1.29, 1.82) is 0 Å². The third-order valence-corrected chi connectivity index (χ3v) is 3.38. The van der Waals surface area contributed by atoms with Crippen molar-refractivity contribution in [1.82, 2.24) is 13.9 Å². The largest absolute Gasteiger partial charge is 0.379 e. The Balaban J connectivity index is 2.21. The predicted octanol–water partition coefficient (Wildman–Crippen LogP) is 1.11. The molecule has 17 heavy (non-hydrogen) atoms. The van der Waals surface area contributed by atoms with Gasteiger partial charge in [-0.1, -0.05) is 0 Å². The number of nitrogens with zero attached hydrogens (tertiary/aromatic N) is 3. The Hall–Kier alpha value is -0.920. The number of aromatic nitrogens is 3. The lowest BCUT2D eigenvalue weighted by Crippen LogP contribution is -2.23. The van der Waals surface area contributed by atoms with E-state index in [1.165, 1.54) is 11.5 Å². The first-order valence-corrected chi connectivity index (χ1v) is 6.64. The molecule has 2 aromatic rings. The van der Waals surface area contributed by atoms with Gasteiger partial charge in [-0.2, -0.15) is 17.0 Å². The summed E-state index contributed by atoms with van der Waals surface area (Å²) in [5, 5.41) is 0.617. The van der Waals surface area contributed by atoms with Gasteiger partial charge in [-0.3, -0.25) is 9.36 Å². The van der Waals surface area contributed by atoms with Crippen molar-refractivity contribution in [3.63, 3.8) is 0 Å². The summed E-state index contributed by atoms with van der Waals surface area (Å²) in [6.45, 7) is 3.41. The number of hydrogen-bond donors (Lipinski definition) is 1. The fourth-order valence-electron chi connectivity index (χ4n) is 1.50. The van der Waals surface area contributed by atoms with E-state index in [9.17, 15) is 4.79 Å². The molecule has 0 saturated carbocycles. The van der Waals surface area contributed by atoms with Crippen LogP contribution in [-0.2, 0) is 11.3 Å². The van der Waals surface area contributed by atoms with Crippen molar-refractivity contribution in [2.45, 2.75) is 13.5 Å². The van der Waals surface area contributed by atoms with Gasteiger partial charge in [0.1, 0.15) is 0 Å². The number of fused-ring (bicyclic) bond motifs is 1. The van der Waals surface area contributed by atoms with Gasteiger partial charge >= 0.3 is 0 Å². The molecule has 0 amide bonds. The van der Waals surface area contributed by atoms with E-state index < -0.39 is 0 Å². The smallest absolute Gasteiger partial charge is 0.264 e. The first-order chi connectivity index (χ1) is 8.24. The van der Waals surface area contributed by atoms with E-state index in [-0.39, 0.29) is 5.56 Å². The summed E-state index contributed by atoms with van der Waals surface area (Å²) in [6.07, 6.45) is 1.55. The zero-order valence-electron chi connectivity index (χ0n) is 9.42. The van der Waals surface area contributed by atoms with Crippen LogP contribution in [0.4, 0.5) is 0 Å². The van der Waals surface area contributed by atoms with Crippen molar-refractivity contribution < 1.29 is 4.74 Å². The molecule has 0 aromatic carbocycles. The summed E-state index contributed by atoms with van der Waals surface area (Å²) < 4.78 is 11.0.